The van der Waals surface area contributed by atoms with Crippen molar-refractivity contribution in [2.45, 2.75) is 25.6 Å². The highest BCUT2D eigenvalue weighted by Crippen LogP contribution is 2.24. The summed E-state index contributed by atoms with van der Waals surface area (Å²) in [6, 6.07) is 10.0. The number of hydrogen-bond donors (Lipinski definition) is 1. The van der Waals surface area contributed by atoms with Crippen LogP contribution in [0.3, 0.4) is 0 Å². The molecule has 1 aromatic carbocycles. The number of carbonyl (C=O) groups is 1. The molecule has 188 valence electrons. The van der Waals surface area contributed by atoms with Crippen LogP contribution in [0.4, 0.5) is 13.2 Å². The molecule has 0 bridgehead atoms. The summed E-state index contributed by atoms with van der Waals surface area (Å²) < 4.78 is 39.3. The van der Waals surface area contributed by atoms with Crippen molar-refractivity contribution in [2.75, 3.05) is 26.2 Å². The Morgan fingerprint density at radius 3 is 2.61 bits per heavy atom. The number of rotatable bonds is 6. The fourth-order valence-electron chi connectivity index (χ4n) is 4.49. The highest BCUT2D eigenvalue weighted by molar-refractivity contribution is 5.81. The first-order valence-corrected chi connectivity index (χ1v) is 11.7. The van der Waals surface area contributed by atoms with E-state index < -0.39 is 18.5 Å². The molecule has 0 radical (unpaired) electrons. The van der Waals surface area contributed by atoms with Crippen LogP contribution in [0.1, 0.15) is 23.5 Å². The van der Waals surface area contributed by atoms with Gasteiger partial charge >= 0.3 is 6.18 Å². The van der Waals surface area contributed by atoms with Crippen molar-refractivity contribution >= 4 is 16.9 Å². The van der Waals surface area contributed by atoms with E-state index in [-0.39, 0.29) is 0 Å². The number of nitrogens with zero attached hydrogens (tertiary/aromatic N) is 6. The van der Waals surface area contributed by atoms with Crippen molar-refractivity contribution in [1.29, 1.82) is 0 Å². The molecule has 0 saturated carbocycles. The van der Waals surface area contributed by atoms with Gasteiger partial charge < -0.3 is 9.88 Å². The summed E-state index contributed by atoms with van der Waals surface area (Å²) in [5.41, 5.74) is 5.86. The minimum atomic E-state index is -4.47. The number of alkyl halides is 3. The third kappa shape index (κ3) is 5.73. The molecule has 0 unspecified atom stereocenters. The molecule has 8 nitrogen and oxygen atoms in total. The van der Waals surface area contributed by atoms with Crippen molar-refractivity contribution in [3.05, 3.63) is 66.0 Å². The number of piperazine rings is 1. The standard InChI is InChI=1S/C25H26F3N7O/c1-33-16-19(14-30-33)18-2-3-21-22(11-18)32-23(31-21)12-20-10-17(4-5-29-20)15-34-6-8-35(9-7-34)24(36)13-25(26,27)28/h2-5,10-11,14,16H,6-9,12-13,15H2,1H3,(H,31,32). The van der Waals surface area contributed by atoms with Crippen molar-refractivity contribution < 1.29 is 18.0 Å². The van der Waals surface area contributed by atoms with E-state index >= 15 is 0 Å². The number of imidazole rings is 1. The van der Waals surface area contributed by atoms with Gasteiger partial charge in [-0.3, -0.25) is 19.4 Å². The second-order valence-electron chi connectivity index (χ2n) is 9.10. The molecule has 0 spiro atoms. The molecule has 36 heavy (non-hydrogen) atoms. The van der Waals surface area contributed by atoms with Crippen LogP contribution in [-0.4, -0.2) is 72.8 Å². The van der Waals surface area contributed by atoms with Crippen LogP contribution in [0, 0.1) is 0 Å². The van der Waals surface area contributed by atoms with Crippen LogP contribution in [0.2, 0.25) is 0 Å². The first kappa shape index (κ1) is 24.0. The van der Waals surface area contributed by atoms with E-state index in [1.807, 2.05) is 43.7 Å². The normalized spacial score (nSPS) is 15.1. The predicted molar refractivity (Wildman–Crippen MR) is 128 cm³/mol. The van der Waals surface area contributed by atoms with Crippen LogP contribution in [0.15, 0.2) is 48.9 Å². The van der Waals surface area contributed by atoms with Crippen molar-refractivity contribution in [3.63, 3.8) is 0 Å². The number of aromatic amines is 1. The molecule has 0 atom stereocenters. The summed E-state index contributed by atoms with van der Waals surface area (Å²) >= 11 is 0. The Kier molecular flexibility index (Phi) is 6.48. The lowest BCUT2D eigenvalue weighted by Gasteiger charge is -2.35. The second kappa shape index (κ2) is 9.73. The summed E-state index contributed by atoms with van der Waals surface area (Å²) in [7, 11) is 1.89. The van der Waals surface area contributed by atoms with Gasteiger partial charge in [-0.15, -0.1) is 0 Å². The summed E-state index contributed by atoms with van der Waals surface area (Å²) in [4.78, 5) is 27.8. The summed E-state index contributed by atoms with van der Waals surface area (Å²) in [5, 5.41) is 4.23. The predicted octanol–water partition coefficient (Wildman–Crippen LogP) is 3.55. The van der Waals surface area contributed by atoms with Gasteiger partial charge in [-0.25, -0.2) is 4.98 Å². The number of nitrogens with one attached hydrogen (secondary N) is 1. The van der Waals surface area contributed by atoms with E-state index in [4.69, 9.17) is 4.98 Å². The van der Waals surface area contributed by atoms with Crippen LogP contribution in [0.25, 0.3) is 22.2 Å². The van der Waals surface area contributed by atoms with E-state index in [1.54, 1.807) is 10.9 Å². The fraction of sp³-hybridized carbons (Fsp3) is 0.360. The molecule has 11 heteroatoms. The number of carbonyl (C=O) groups excluding carboxylic acids is 1. The Balaban J connectivity index is 1.20. The molecule has 1 aliphatic rings. The zero-order chi connectivity index (χ0) is 25.3. The summed E-state index contributed by atoms with van der Waals surface area (Å²) in [6.45, 7) is 2.30. The number of aryl methyl sites for hydroxylation is 1. The van der Waals surface area contributed by atoms with E-state index in [2.05, 4.69) is 26.0 Å². The Morgan fingerprint density at radius 2 is 1.89 bits per heavy atom. The maximum atomic E-state index is 12.5. The Morgan fingerprint density at radius 1 is 1.08 bits per heavy atom. The topological polar surface area (TPSA) is 82.9 Å². The Labute approximate surface area is 205 Å². The van der Waals surface area contributed by atoms with Crippen LogP contribution >= 0.6 is 0 Å². The average Bonchev–Trinajstić information content (AvgIpc) is 3.43. The first-order valence-electron chi connectivity index (χ1n) is 11.7. The van der Waals surface area contributed by atoms with Gasteiger partial charge in [0.25, 0.3) is 0 Å². The van der Waals surface area contributed by atoms with E-state index in [0.29, 0.717) is 39.1 Å². The molecule has 1 fully saturated rings. The van der Waals surface area contributed by atoms with Crippen molar-refractivity contribution in [1.82, 2.24) is 34.5 Å². The summed E-state index contributed by atoms with van der Waals surface area (Å²) in [5.74, 6) is -0.0403. The number of aromatic nitrogens is 5. The minimum Gasteiger partial charge on any atom is -0.342 e. The quantitative estimate of drug-likeness (QED) is 0.441. The number of pyridine rings is 1. The minimum absolute atomic E-state index is 0.298. The molecular weight excluding hydrogens is 471 g/mol. The van der Waals surface area contributed by atoms with Gasteiger partial charge in [0.1, 0.15) is 12.2 Å². The molecule has 4 aromatic rings. The van der Waals surface area contributed by atoms with E-state index in [0.717, 1.165) is 39.2 Å². The molecular formula is C25H26F3N7O. The second-order valence-corrected chi connectivity index (χ2v) is 9.10. The highest BCUT2D eigenvalue weighted by atomic mass is 19.4. The van der Waals surface area contributed by atoms with Crippen molar-refractivity contribution in [2.24, 2.45) is 7.05 Å². The van der Waals surface area contributed by atoms with E-state index in [9.17, 15) is 18.0 Å². The van der Waals surface area contributed by atoms with Crippen molar-refractivity contribution in [3.8, 4) is 11.1 Å². The van der Waals surface area contributed by atoms with Gasteiger partial charge in [-0.1, -0.05) is 6.07 Å². The van der Waals surface area contributed by atoms with Gasteiger partial charge in [0.15, 0.2) is 0 Å². The maximum Gasteiger partial charge on any atom is 0.397 e. The van der Waals surface area contributed by atoms with Gasteiger partial charge in [0.2, 0.25) is 5.91 Å². The molecule has 1 amide bonds. The number of hydrogen-bond acceptors (Lipinski definition) is 5. The zero-order valence-corrected chi connectivity index (χ0v) is 19.8. The van der Waals surface area contributed by atoms with Crippen LogP contribution < -0.4 is 0 Å². The SMILES string of the molecule is Cn1cc(-c2ccc3nc(Cc4cc(CN5CCN(C(=O)CC(F)(F)F)CC5)ccn4)[nH]c3c2)cn1. The average molecular weight is 498 g/mol. The van der Waals surface area contributed by atoms with E-state index in [1.165, 1.54) is 4.90 Å². The van der Waals surface area contributed by atoms with Crippen LogP contribution in [0.5, 0.6) is 0 Å². The largest absolute Gasteiger partial charge is 0.397 e. The monoisotopic (exact) mass is 497 g/mol. The molecule has 1 aliphatic heterocycles. The Bertz CT molecular complexity index is 1370. The lowest BCUT2D eigenvalue weighted by Crippen LogP contribution is -2.49. The molecule has 0 aliphatic carbocycles. The lowest BCUT2D eigenvalue weighted by molar-refractivity contribution is -0.162. The highest BCUT2D eigenvalue weighted by Gasteiger charge is 2.34. The molecule has 3 aromatic heterocycles. The number of fused-ring (bicyclic) bond motifs is 1. The third-order valence-electron chi connectivity index (χ3n) is 6.28. The fourth-order valence-corrected chi connectivity index (χ4v) is 4.49. The third-order valence-corrected chi connectivity index (χ3v) is 6.28. The molecule has 1 N–H and O–H groups in total. The first-order chi connectivity index (χ1) is 17.2. The smallest absolute Gasteiger partial charge is 0.342 e. The van der Waals surface area contributed by atoms with Gasteiger partial charge in [-0.05, 0) is 35.4 Å². The number of amides is 1. The number of halogens is 3. The van der Waals surface area contributed by atoms with Crippen LogP contribution in [-0.2, 0) is 24.8 Å². The molecule has 1 saturated heterocycles. The van der Waals surface area contributed by atoms with Gasteiger partial charge in [-0.2, -0.15) is 18.3 Å². The number of benzene rings is 1. The summed E-state index contributed by atoms with van der Waals surface area (Å²) in [6.07, 6.45) is 0.236. The molecule has 5 rings (SSSR count). The zero-order valence-electron chi connectivity index (χ0n) is 19.8. The Hall–Kier alpha value is -3.73. The van der Waals surface area contributed by atoms with Gasteiger partial charge in [0, 0.05) is 69.8 Å². The maximum absolute atomic E-state index is 12.5. The lowest BCUT2D eigenvalue weighted by atomic mass is 10.1. The number of H-pyrrole nitrogens is 1. The van der Waals surface area contributed by atoms with Gasteiger partial charge in [0.05, 0.1) is 17.2 Å². The molecule has 4 heterocycles.